The minimum absolute atomic E-state index is 0.288. The summed E-state index contributed by atoms with van der Waals surface area (Å²) in [5.41, 5.74) is 2.79. The van der Waals surface area contributed by atoms with Crippen molar-refractivity contribution in [3.63, 3.8) is 0 Å². The molecule has 8 nitrogen and oxygen atoms in total. The van der Waals surface area contributed by atoms with E-state index < -0.39 is 11.5 Å². The molecule has 0 aliphatic carbocycles. The molecule has 0 fully saturated rings. The van der Waals surface area contributed by atoms with E-state index in [-0.39, 0.29) is 5.56 Å². The highest BCUT2D eigenvalue weighted by atomic mass is 16.5. The number of amides is 1. The first kappa shape index (κ1) is 24.0. The molecule has 0 bridgehead atoms. The normalized spacial score (nSPS) is 11.0. The maximum atomic E-state index is 13.5. The van der Waals surface area contributed by atoms with Gasteiger partial charge in [-0.15, -0.1) is 0 Å². The topological polar surface area (TPSA) is 100 Å². The van der Waals surface area contributed by atoms with Crippen molar-refractivity contribution in [1.82, 2.24) is 0 Å². The second-order valence-corrected chi connectivity index (χ2v) is 8.33. The molecule has 8 heteroatoms. The molecular weight excluding hydrogens is 474 g/mol. The number of carbonyl (C=O) groups is 1. The highest BCUT2D eigenvalue weighted by Gasteiger charge is 2.23. The number of methoxy groups -OCH3 is 3. The molecule has 0 aliphatic heterocycles. The maximum Gasteiger partial charge on any atom is 0.336 e. The summed E-state index contributed by atoms with van der Waals surface area (Å²) in [6.07, 6.45) is 0.805. The molecule has 2 heterocycles. The summed E-state index contributed by atoms with van der Waals surface area (Å²) in [5, 5.41) is 4.38. The largest absolute Gasteiger partial charge is 0.493 e. The molecule has 3 aromatic carbocycles. The molecule has 0 unspecified atom stereocenters. The number of aryl methyl sites for hydroxylation is 1. The van der Waals surface area contributed by atoms with Crippen LogP contribution in [0.5, 0.6) is 17.2 Å². The SMILES string of the molecule is CCc1ccc2oc(=O)cc(-c3oc4ccccc4c3NC(=O)c3cc(OC)c(OC)c(OC)c3)c2c1. The van der Waals surface area contributed by atoms with Crippen LogP contribution < -0.4 is 25.2 Å². The summed E-state index contributed by atoms with van der Waals surface area (Å²) in [6.45, 7) is 2.05. The Balaban J connectivity index is 1.69. The van der Waals surface area contributed by atoms with Crippen LogP contribution in [0.3, 0.4) is 0 Å². The van der Waals surface area contributed by atoms with Gasteiger partial charge in [0.15, 0.2) is 17.3 Å². The van der Waals surface area contributed by atoms with Crippen molar-refractivity contribution in [3.05, 3.63) is 82.2 Å². The second kappa shape index (κ2) is 9.73. The maximum absolute atomic E-state index is 13.5. The quantitative estimate of drug-likeness (QED) is 0.272. The van der Waals surface area contributed by atoms with Crippen LogP contribution in [-0.2, 0) is 6.42 Å². The van der Waals surface area contributed by atoms with Crippen LogP contribution in [-0.4, -0.2) is 27.2 Å². The number of furan rings is 1. The van der Waals surface area contributed by atoms with Gasteiger partial charge in [-0.05, 0) is 48.4 Å². The highest BCUT2D eigenvalue weighted by Crippen LogP contribution is 2.42. The highest BCUT2D eigenvalue weighted by molar-refractivity contribution is 6.13. The van der Waals surface area contributed by atoms with Crippen molar-refractivity contribution in [2.45, 2.75) is 13.3 Å². The molecular formula is C29H25NO7. The van der Waals surface area contributed by atoms with Crippen LogP contribution in [0, 0.1) is 0 Å². The first-order chi connectivity index (χ1) is 18.0. The zero-order valence-corrected chi connectivity index (χ0v) is 20.8. The fourth-order valence-electron chi connectivity index (χ4n) is 4.37. The zero-order valence-electron chi connectivity index (χ0n) is 20.8. The van der Waals surface area contributed by atoms with Gasteiger partial charge in [-0.2, -0.15) is 0 Å². The van der Waals surface area contributed by atoms with Crippen molar-refractivity contribution in [2.75, 3.05) is 26.6 Å². The minimum atomic E-state index is -0.519. The molecule has 0 saturated carbocycles. The lowest BCUT2D eigenvalue weighted by molar-refractivity contribution is 0.102. The van der Waals surface area contributed by atoms with Gasteiger partial charge in [-0.1, -0.05) is 25.1 Å². The molecule has 1 amide bonds. The van der Waals surface area contributed by atoms with E-state index in [1.54, 1.807) is 24.3 Å². The Hall–Kier alpha value is -4.72. The molecule has 5 rings (SSSR count). The number of nitrogens with one attached hydrogen (secondary N) is 1. The molecule has 0 atom stereocenters. The molecule has 188 valence electrons. The van der Waals surface area contributed by atoms with E-state index in [0.29, 0.717) is 56.2 Å². The number of para-hydroxylation sites is 1. The Morgan fingerprint density at radius 1 is 0.838 bits per heavy atom. The Labute approximate surface area is 212 Å². The van der Waals surface area contributed by atoms with Crippen LogP contribution in [0.25, 0.3) is 33.3 Å². The van der Waals surface area contributed by atoms with Gasteiger partial charge in [0.2, 0.25) is 5.75 Å². The van der Waals surface area contributed by atoms with Crippen molar-refractivity contribution in [1.29, 1.82) is 0 Å². The number of rotatable bonds is 7. The van der Waals surface area contributed by atoms with E-state index in [1.807, 2.05) is 37.3 Å². The van der Waals surface area contributed by atoms with Gasteiger partial charge in [0.25, 0.3) is 5.91 Å². The standard InChI is InChI=1S/C29H25NO7/c1-5-16-10-11-22-19(12-16)20(15-25(31)36-22)27-26(18-8-6-7-9-21(18)37-27)30-29(32)17-13-23(33-2)28(35-4)24(14-17)34-3/h6-15H,5H2,1-4H3,(H,30,32). The first-order valence-corrected chi connectivity index (χ1v) is 11.7. The monoisotopic (exact) mass is 499 g/mol. The van der Waals surface area contributed by atoms with Crippen molar-refractivity contribution in [3.8, 4) is 28.6 Å². The van der Waals surface area contributed by atoms with E-state index >= 15 is 0 Å². The van der Waals surface area contributed by atoms with Crippen LogP contribution in [0.15, 0.2) is 74.3 Å². The van der Waals surface area contributed by atoms with Crippen LogP contribution in [0.2, 0.25) is 0 Å². The summed E-state index contributed by atoms with van der Waals surface area (Å²) in [7, 11) is 4.46. The molecule has 0 spiro atoms. The number of benzene rings is 3. The Morgan fingerprint density at radius 2 is 1.54 bits per heavy atom. The molecule has 0 aliphatic rings. The number of hydrogen-bond acceptors (Lipinski definition) is 7. The predicted octanol–water partition coefficient (Wildman–Crippen LogP) is 6.05. The number of fused-ring (bicyclic) bond motifs is 2. The lowest BCUT2D eigenvalue weighted by atomic mass is 10.0. The third kappa shape index (κ3) is 4.27. The number of carbonyl (C=O) groups excluding carboxylic acids is 1. The Bertz CT molecular complexity index is 1670. The molecule has 37 heavy (non-hydrogen) atoms. The molecule has 0 radical (unpaired) electrons. The lowest BCUT2D eigenvalue weighted by Crippen LogP contribution is -2.13. The Morgan fingerprint density at radius 3 is 2.22 bits per heavy atom. The van der Waals surface area contributed by atoms with E-state index in [9.17, 15) is 9.59 Å². The lowest BCUT2D eigenvalue weighted by Gasteiger charge is -2.14. The summed E-state index contributed by atoms with van der Waals surface area (Å²) in [4.78, 5) is 26.0. The summed E-state index contributed by atoms with van der Waals surface area (Å²) >= 11 is 0. The van der Waals surface area contributed by atoms with Crippen LogP contribution in [0.1, 0.15) is 22.8 Å². The zero-order chi connectivity index (χ0) is 26.1. The first-order valence-electron chi connectivity index (χ1n) is 11.7. The van der Waals surface area contributed by atoms with Crippen molar-refractivity contribution in [2.24, 2.45) is 0 Å². The van der Waals surface area contributed by atoms with Gasteiger partial charge in [0, 0.05) is 28.0 Å². The fraction of sp³-hybridized carbons (Fsp3) is 0.172. The van der Waals surface area contributed by atoms with Crippen molar-refractivity contribution < 1.29 is 27.8 Å². The van der Waals surface area contributed by atoms with Gasteiger partial charge in [0.05, 0.1) is 27.0 Å². The molecule has 2 aromatic heterocycles. The van der Waals surface area contributed by atoms with Gasteiger partial charge in [-0.25, -0.2) is 4.79 Å². The molecule has 5 aromatic rings. The summed E-state index contributed by atoms with van der Waals surface area (Å²) < 4.78 is 27.8. The molecule has 0 saturated heterocycles. The van der Waals surface area contributed by atoms with Crippen molar-refractivity contribution >= 4 is 33.5 Å². The Kier molecular flexibility index (Phi) is 6.31. The number of anilines is 1. The van der Waals surface area contributed by atoms with E-state index in [4.69, 9.17) is 23.0 Å². The number of ether oxygens (including phenoxy) is 3. The molecule has 1 N–H and O–H groups in total. The van der Waals surface area contributed by atoms with Gasteiger partial charge >= 0.3 is 5.63 Å². The minimum Gasteiger partial charge on any atom is -0.493 e. The van der Waals surface area contributed by atoms with Gasteiger partial charge in [-0.3, -0.25) is 4.79 Å². The second-order valence-electron chi connectivity index (χ2n) is 8.33. The van der Waals surface area contributed by atoms with E-state index in [2.05, 4.69) is 5.32 Å². The van der Waals surface area contributed by atoms with E-state index in [0.717, 1.165) is 12.0 Å². The van der Waals surface area contributed by atoms with E-state index in [1.165, 1.54) is 27.4 Å². The van der Waals surface area contributed by atoms with Gasteiger partial charge < -0.3 is 28.4 Å². The summed E-state index contributed by atoms with van der Waals surface area (Å²) in [6, 6.07) is 17.5. The third-order valence-electron chi connectivity index (χ3n) is 6.22. The van der Waals surface area contributed by atoms with Crippen LogP contribution in [0.4, 0.5) is 5.69 Å². The fourth-order valence-corrected chi connectivity index (χ4v) is 4.37. The average molecular weight is 500 g/mol. The third-order valence-corrected chi connectivity index (χ3v) is 6.22. The number of hydrogen-bond donors (Lipinski definition) is 1. The predicted molar refractivity (Wildman–Crippen MR) is 141 cm³/mol. The summed E-state index contributed by atoms with van der Waals surface area (Å²) in [5.74, 6) is 1.01. The van der Waals surface area contributed by atoms with Crippen LogP contribution >= 0.6 is 0 Å². The average Bonchev–Trinajstić information content (AvgIpc) is 3.29. The van der Waals surface area contributed by atoms with Gasteiger partial charge in [0.1, 0.15) is 11.2 Å². The smallest absolute Gasteiger partial charge is 0.336 e.